The average molecular weight is 153 g/mol. The number of rotatable bonds is 3. The van der Waals surface area contributed by atoms with Crippen LogP contribution in [0.2, 0.25) is 0 Å². The minimum absolute atomic E-state index is 0.928. The summed E-state index contributed by atoms with van der Waals surface area (Å²) >= 11 is 0. The highest BCUT2D eigenvalue weighted by Gasteiger charge is 2.05. The van der Waals surface area contributed by atoms with E-state index in [1.165, 1.54) is 11.3 Å². The van der Waals surface area contributed by atoms with Crippen LogP contribution in [0.4, 0.5) is 5.82 Å². The summed E-state index contributed by atoms with van der Waals surface area (Å²) in [5, 5.41) is 10.3. The molecule has 1 aromatic heterocycles. The summed E-state index contributed by atoms with van der Waals surface area (Å²) in [6, 6.07) is 0. The maximum Gasteiger partial charge on any atom is 0.151 e. The lowest BCUT2D eigenvalue weighted by molar-refractivity contribution is 1.03. The van der Waals surface area contributed by atoms with Crippen molar-refractivity contribution in [1.29, 1.82) is 0 Å². The van der Waals surface area contributed by atoms with E-state index in [4.69, 9.17) is 0 Å². The Morgan fingerprint density at radius 3 is 2.73 bits per heavy atom. The topological polar surface area (TPSA) is 40.7 Å². The summed E-state index contributed by atoms with van der Waals surface area (Å²) in [7, 11) is 0. The van der Waals surface area contributed by atoms with Crippen molar-refractivity contribution >= 4 is 5.82 Å². The third-order valence-electron chi connectivity index (χ3n) is 1.77. The van der Waals surface area contributed by atoms with E-state index >= 15 is 0 Å². The number of aromatic nitrogens is 2. The monoisotopic (exact) mass is 153 g/mol. The second kappa shape index (κ2) is 3.42. The van der Waals surface area contributed by atoms with Gasteiger partial charge in [0, 0.05) is 17.8 Å². The Balaban J connectivity index is 2.86. The van der Waals surface area contributed by atoms with Gasteiger partial charge in [0.1, 0.15) is 0 Å². The fourth-order valence-corrected chi connectivity index (χ4v) is 1.20. The zero-order chi connectivity index (χ0) is 8.27. The Bertz CT molecular complexity index is 227. The molecule has 0 bridgehead atoms. The highest BCUT2D eigenvalue weighted by atomic mass is 15.2. The van der Waals surface area contributed by atoms with Gasteiger partial charge in [0.2, 0.25) is 0 Å². The maximum absolute atomic E-state index is 4.14. The van der Waals surface area contributed by atoms with Gasteiger partial charge >= 0.3 is 0 Å². The number of nitrogens with zero attached hydrogens (tertiary/aromatic N) is 1. The van der Waals surface area contributed by atoms with E-state index in [0.29, 0.717) is 0 Å². The number of aromatic amines is 1. The molecule has 0 atom stereocenters. The number of anilines is 1. The minimum Gasteiger partial charge on any atom is -0.369 e. The third kappa shape index (κ3) is 1.53. The van der Waals surface area contributed by atoms with Gasteiger partial charge in [-0.2, -0.15) is 5.10 Å². The fourth-order valence-electron chi connectivity index (χ4n) is 1.20. The van der Waals surface area contributed by atoms with Gasteiger partial charge in [0.15, 0.2) is 5.82 Å². The molecule has 0 saturated carbocycles. The van der Waals surface area contributed by atoms with Crippen LogP contribution >= 0.6 is 0 Å². The van der Waals surface area contributed by atoms with Crippen molar-refractivity contribution in [1.82, 2.24) is 10.2 Å². The van der Waals surface area contributed by atoms with Crippen molar-refractivity contribution in [3.63, 3.8) is 0 Å². The molecule has 2 N–H and O–H groups in total. The molecule has 0 aliphatic rings. The largest absolute Gasteiger partial charge is 0.369 e. The van der Waals surface area contributed by atoms with E-state index in [1.54, 1.807) is 0 Å². The molecule has 0 amide bonds. The first kappa shape index (κ1) is 8.11. The number of hydrogen-bond acceptors (Lipinski definition) is 2. The highest BCUT2D eigenvalue weighted by Crippen LogP contribution is 2.15. The van der Waals surface area contributed by atoms with E-state index in [9.17, 15) is 0 Å². The number of nitrogens with one attached hydrogen (secondary N) is 2. The predicted octanol–water partition coefficient (Wildman–Crippen LogP) is 1.71. The van der Waals surface area contributed by atoms with Gasteiger partial charge in [-0.3, -0.25) is 5.10 Å². The fraction of sp³-hybridized carbons (Fsp3) is 0.625. The summed E-state index contributed by atoms with van der Waals surface area (Å²) in [4.78, 5) is 0. The van der Waals surface area contributed by atoms with E-state index in [2.05, 4.69) is 29.4 Å². The summed E-state index contributed by atoms with van der Waals surface area (Å²) < 4.78 is 0. The van der Waals surface area contributed by atoms with Crippen LogP contribution in [-0.2, 0) is 6.42 Å². The number of aryl methyl sites for hydroxylation is 1. The Morgan fingerprint density at radius 1 is 1.45 bits per heavy atom. The smallest absolute Gasteiger partial charge is 0.151 e. The molecule has 0 fully saturated rings. The van der Waals surface area contributed by atoms with E-state index in [1.807, 2.05) is 6.92 Å². The van der Waals surface area contributed by atoms with Gasteiger partial charge < -0.3 is 5.32 Å². The minimum atomic E-state index is 0.928. The van der Waals surface area contributed by atoms with Gasteiger partial charge in [-0.1, -0.05) is 6.92 Å². The van der Waals surface area contributed by atoms with Crippen molar-refractivity contribution in [3.05, 3.63) is 11.3 Å². The lowest BCUT2D eigenvalue weighted by Gasteiger charge is -2.00. The molecule has 1 heterocycles. The first-order chi connectivity index (χ1) is 5.29. The summed E-state index contributed by atoms with van der Waals surface area (Å²) in [5.41, 5.74) is 2.47. The second-order valence-corrected chi connectivity index (χ2v) is 2.56. The molecule has 3 nitrogen and oxygen atoms in total. The van der Waals surface area contributed by atoms with Gasteiger partial charge in [-0.25, -0.2) is 0 Å². The van der Waals surface area contributed by atoms with Crippen LogP contribution in [0.3, 0.4) is 0 Å². The number of hydrogen-bond donors (Lipinski definition) is 2. The van der Waals surface area contributed by atoms with Crippen LogP contribution in [0.5, 0.6) is 0 Å². The Kier molecular flexibility index (Phi) is 2.52. The van der Waals surface area contributed by atoms with Gasteiger partial charge in [-0.15, -0.1) is 0 Å². The quantitative estimate of drug-likeness (QED) is 0.694. The molecule has 1 rings (SSSR count). The molecule has 0 saturated heterocycles. The zero-order valence-corrected chi connectivity index (χ0v) is 7.36. The molecule has 3 heteroatoms. The second-order valence-electron chi connectivity index (χ2n) is 2.56. The average Bonchev–Trinajstić information content (AvgIpc) is 2.33. The van der Waals surface area contributed by atoms with Crippen molar-refractivity contribution in [3.8, 4) is 0 Å². The molecule has 0 unspecified atom stereocenters. The highest BCUT2D eigenvalue weighted by molar-refractivity contribution is 5.45. The van der Waals surface area contributed by atoms with Crippen LogP contribution in [0.25, 0.3) is 0 Å². The standard InChI is InChI=1S/C8H15N3/c1-4-7-6(3)10-11-8(7)9-5-2/h4-5H2,1-3H3,(H2,9,10,11). The Hall–Kier alpha value is -0.990. The molecule has 0 spiro atoms. The molecule has 0 aliphatic carbocycles. The first-order valence-electron chi connectivity index (χ1n) is 4.07. The summed E-state index contributed by atoms with van der Waals surface area (Å²) in [6.07, 6.45) is 1.03. The zero-order valence-electron chi connectivity index (χ0n) is 7.36. The van der Waals surface area contributed by atoms with E-state index in [-0.39, 0.29) is 0 Å². The summed E-state index contributed by atoms with van der Waals surface area (Å²) in [6.45, 7) is 7.19. The molecule has 11 heavy (non-hydrogen) atoms. The molecular formula is C8H15N3. The van der Waals surface area contributed by atoms with Crippen LogP contribution in [0.1, 0.15) is 25.1 Å². The Labute approximate surface area is 67.2 Å². The molecule has 62 valence electrons. The molecule has 0 aliphatic heterocycles. The SMILES string of the molecule is CCNc1n[nH]c(C)c1CC. The normalized spacial score (nSPS) is 10.1. The Morgan fingerprint density at radius 2 is 2.18 bits per heavy atom. The lowest BCUT2D eigenvalue weighted by atomic mass is 10.2. The van der Waals surface area contributed by atoms with Crippen molar-refractivity contribution < 1.29 is 0 Å². The van der Waals surface area contributed by atoms with Crippen LogP contribution < -0.4 is 5.32 Å². The van der Waals surface area contributed by atoms with Gasteiger partial charge in [0.05, 0.1) is 0 Å². The number of H-pyrrole nitrogens is 1. The van der Waals surface area contributed by atoms with Crippen LogP contribution in [-0.4, -0.2) is 16.7 Å². The van der Waals surface area contributed by atoms with E-state index in [0.717, 1.165) is 18.8 Å². The van der Waals surface area contributed by atoms with Gasteiger partial charge in [0.25, 0.3) is 0 Å². The maximum atomic E-state index is 4.14. The summed E-state index contributed by atoms with van der Waals surface area (Å²) in [5.74, 6) is 1.01. The first-order valence-corrected chi connectivity index (χ1v) is 4.07. The van der Waals surface area contributed by atoms with Crippen molar-refractivity contribution in [2.24, 2.45) is 0 Å². The predicted molar refractivity (Wildman–Crippen MR) is 46.9 cm³/mol. The van der Waals surface area contributed by atoms with Crippen LogP contribution in [0.15, 0.2) is 0 Å². The van der Waals surface area contributed by atoms with E-state index < -0.39 is 0 Å². The molecule has 0 radical (unpaired) electrons. The van der Waals surface area contributed by atoms with Crippen molar-refractivity contribution in [2.45, 2.75) is 27.2 Å². The lowest BCUT2D eigenvalue weighted by Crippen LogP contribution is -1.99. The molecule has 1 aromatic rings. The third-order valence-corrected chi connectivity index (χ3v) is 1.77. The van der Waals surface area contributed by atoms with Gasteiger partial charge in [-0.05, 0) is 20.3 Å². The molecule has 0 aromatic carbocycles. The van der Waals surface area contributed by atoms with Crippen LogP contribution in [0, 0.1) is 6.92 Å². The molecular weight excluding hydrogens is 138 g/mol. The van der Waals surface area contributed by atoms with Crippen molar-refractivity contribution in [2.75, 3.05) is 11.9 Å².